The van der Waals surface area contributed by atoms with Gasteiger partial charge in [0.2, 0.25) is 5.91 Å². The Balaban J connectivity index is 1.90. The third-order valence-corrected chi connectivity index (χ3v) is 5.92. The Kier molecular flexibility index (Phi) is 4.13. The number of hydrogen-bond acceptors (Lipinski definition) is 3. The van der Waals surface area contributed by atoms with Crippen molar-refractivity contribution in [1.82, 2.24) is 4.90 Å². The fourth-order valence-electron chi connectivity index (χ4n) is 2.67. The van der Waals surface area contributed by atoms with Crippen LogP contribution in [0.1, 0.15) is 19.3 Å². The molecule has 0 bridgehead atoms. The molecule has 98 valence electrons. The highest BCUT2D eigenvalue weighted by Gasteiger charge is 2.37. The van der Waals surface area contributed by atoms with Gasteiger partial charge in [-0.05, 0) is 25.2 Å². The summed E-state index contributed by atoms with van der Waals surface area (Å²) in [6, 6.07) is 0. The predicted octanol–water partition coefficient (Wildman–Crippen LogP) is 1.05. The van der Waals surface area contributed by atoms with Crippen molar-refractivity contribution in [1.29, 1.82) is 0 Å². The van der Waals surface area contributed by atoms with Crippen molar-refractivity contribution >= 4 is 31.7 Å². The first-order valence-electron chi connectivity index (χ1n) is 6.07. The van der Waals surface area contributed by atoms with Crippen LogP contribution in [0.5, 0.6) is 0 Å². The molecule has 0 aromatic carbocycles. The summed E-state index contributed by atoms with van der Waals surface area (Å²) in [5.41, 5.74) is 0. The quantitative estimate of drug-likeness (QED) is 0.730. The molecule has 4 nitrogen and oxygen atoms in total. The highest BCUT2D eigenvalue weighted by molar-refractivity contribution is 9.09. The van der Waals surface area contributed by atoms with Crippen LogP contribution < -0.4 is 0 Å². The second-order valence-electron chi connectivity index (χ2n) is 5.02. The van der Waals surface area contributed by atoms with Gasteiger partial charge >= 0.3 is 0 Å². The molecule has 6 heteroatoms. The molecule has 0 aromatic rings. The van der Waals surface area contributed by atoms with Crippen LogP contribution in [-0.4, -0.2) is 49.2 Å². The van der Waals surface area contributed by atoms with Gasteiger partial charge in [0.05, 0.1) is 17.4 Å². The summed E-state index contributed by atoms with van der Waals surface area (Å²) >= 11 is 3.41. The van der Waals surface area contributed by atoms with Crippen molar-refractivity contribution in [3.8, 4) is 0 Å². The van der Waals surface area contributed by atoms with Crippen molar-refractivity contribution in [3.05, 3.63) is 0 Å². The van der Waals surface area contributed by atoms with E-state index >= 15 is 0 Å². The molecular formula is C11H18BrNO3S. The Bertz CT molecular complexity index is 396. The molecule has 0 N–H and O–H groups in total. The van der Waals surface area contributed by atoms with Crippen molar-refractivity contribution in [2.75, 3.05) is 29.9 Å². The number of amides is 1. The number of halogens is 1. The van der Waals surface area contributed by atoms with Gasteiger partial charge in [0.15, 0.2) is 9.84 Å². The summed E-state index contributed by atoms with van der Waals surface area (Å²) in [7, 11) is -2.95. The van der Waals surface area contributed by atoms with Crippen molar-refractivity contribution in [2.24, 2.45) is 11.8 Å². The van der Waals surface area contributed by atoms with E-state index in [0.29, 0.717) is 12.3 Å². The molecule has 0 saturated carbocycles. The number of alkyl halides is 1. The highest BCUT2D eigenvalue weighted by Crippen LogP contribution is 2.26. The molecule has 0 aromatic heterocycles. The van der Waals surface area contributed by atoms with Crippen molar-refractivity contribution in [2.45, 2.75) is 19.3 Å². The summed E-state index contributed by atoms with van der Waals surface area (Å²) in [5.74, 6) is 0.607. The summed E-state index contributed by atoms with van der Waals surface area (Å²) in [6.45, 7) is 1.61. The lowest BCUT2D eigenvalue weighted by atomic mass is 10.1. The minimum Gasteiger partial charge on any atom is -0.342 e. The summed E-state index contributed by atoms with van der Waals surface area (Å²) in [4.78, 5) is 14.0. The van der Waals surface area contributed by atoms with Crippen LogP contribution in [0.3, 0.4) is 0 Å². The first-order valence-corrected chi connectivity index (χ1v) is 9.01. The Morgan fingerprint density at radius 3 is 2.71 bits per heavy atom. The third-order valence-electron chi connectivity index (χ3n) is 3.70. The van der Waals surface area contributed by atoms with Crippen molar-refractivity contribution in [3.63, 3.8) is 0 Å². The maximum absolute atomic E-state index is 12.1. The van der Waals surface area contributed by atoms with Gasteiger partial charge in [-0.25, -0.2) is 8.42 Å². The van der Waals surface area contributed by atoms with Gasteiger partial charge in [0, 0.05) is 18.4 Å². The van der Waals surface area contributed by atoms with E-state index in [1.165, 1.54) is 0 Å². The van der Waals surface area contributed by atoms with E-state index in [0.717, 1.165) is 31.3 Å². The lowest BCUT2D eigenvalue weighted by Crippen LogP contribution is -2.35. The number of sulfone groups is 1. The average Bonchev–Trinajstić information content (AvgIpc) is 2.85. The molecular weight excluding hydrogens is 306 g/mol. The molecule has 2 unspecified atom stereocenters. The molecule has 0 radical (unpaired) electrons. The molecule has 2 atom stereocenters. The fraction of sp³-hybridized carbons (Fsp3) is 0.909. The molecule has 2 fully saturated rings. The van der Waals surface area contributed by atoms with E-state index in [1.54, 1.807) is 0 Å². The lowest BCUT2D eigenvalue weighted by molar-refractivity contribution is -0.133. The normalized spacial score (nSPS) is 31.9. The molecule has 0 spiro atoms. The van der Waals surface area contributed by atoms with Crippen LogP contribution in [0.15, 0.2) is 0 Å². The average molecular weight is 324 g/mol. The largest absolute Gasteiger partial charge is 0.342 e. The molecule has 17 heavy (non-hydrogen) atoms. The Labute approximate surface area is 111 Å². The molecule has 2 rings (SSSR count). The number of hydrogen-bond donors (Lipinski definition) is 0. The molecule has 1 amide bonds. The first-order chi connectivity index (χ1) is 8.02. The van der Waals surface area contributed by atoms with Gasteiger partial charge < -0.3 is 4.90 Å². The number of carbonyl (C=O) groups excluding carboxylic acids is 1. The van der Waals surface area contributed by atoms with Crippen LogP contribution in [0.25, 0.3) is 0 Å². The zero-order valence-corrected chi connectivity index (χ0v) is 12.2. The number of rotatable bonds is 3. The highest BCUT2D eigenvalue weighted by atomic mass is 79.9. The molecule has 0 aliphatic carbocycles. The third kappa shape index (κ3) is 3.22. The molecule has 2 aliphatic rings. The standard InChI is InChI=1S/C11H18BrNO3S/c12-4-1-9-2-5-13(7-9)11(14)10-3-6-17(15,16)8-10/h9-10H,1-8H2. The molecule has 2 aliphatic heterocycles. The smallest absolute Gasteiger partial charge is 0.226 e. The second-order valence-corrected chi connectivity index (χ2v) is 8.04. The van der Waals surface area contributed by atoms with Crippen LogP contribution in [0.2, 0.25) is 0 Å². The maximum atomic E-state index is 12.1. The van der Waals surface area contributed by atoms with E-state index in [4.69, 9.17) is 0 Å². The molecule has 2 saturated heterocycles. The van der Waals surface area contributed by atoms with E-state index in [2.05, 4.69) is 15.9 Å². The fourth-order valence-corrected chi connectivity index (χ4v) is 5.05. The van der Waals surface area contributed by atoms with Crippen LogP contribution in [-0.2, 0) is 14.6 Å². The van der Waals surface area contributed by atoms with Gasteiger partial charge in [-0.2, -0.15) is 0 Å². The van der Waals surface area contributed by atoms with Gasteiger partial charge in [-0.3, -0.25) is 4.79 Å². The minimum atomic E-state index is -2.95. The second kappa shape index (κ2) is 5.26. The van der Waals surface area contributed by atoms with Crippen LogP contribution in [0, 0.1) is 11.8 Å². The number of nitrogens with zero attached hydrogens (tertiary/aromatic N) is 1. The SMILES string of the molecule is O=C(C1CCS(=O)(=O)C1)N1CCC(CCBr)C1. The predicted molar refractivity (Wildman–Crippen MR) is 69.9 cm³/mol. The monoisotopic (exact) mass is 323 g/mol. The van der Waals surface area contributed by atoms with E-state index < -0.39 is 9.84 Å². The van der Waals surface area contributed by atoms with Crippen LogP contribution >= 0.6 is 15.9 Å². The Hall–Kier alpha value is -0.100. The Morgan fingerprint density at radius 1 is 1.35 bits per heavy atom. The number of carbonyl (C=O) groups is 1. The van der Waals surface area contributed by atoms with Gasteiger partial charge in [0.25, 0.3) is 0 Å². The van der Waals surface area contributed by atoms with Gasteiger partial charge in [0.1, 0.15) is 0 Å². The minimum absolute atomic E-state index is 0.0585. The maximum Gasteiger partial charge on any atom is 0.226 e. The summed E-state index contributed by atoms with van der Waals surface area (Å²) in [5, 5.41) is 0.970. The zero-order chi connectivity index (χ0) is 12.5. The van der Waals surface area contributed by atoms with E-state index in [1.807, 2.05) is 4.90 Å². The van der Waals surface area contributed by atoms with E-state index in [-0.39, 0.29) is 23.3 Å². The summed E-state index contributed by atoms with van der Waals surface area (Å²) < 4.78 is 22.7. The summed E-state index contributed by atoms with van der Waals surface area (Å²) in [6.07, 6.45) is 2.66. The molecule has 2 heterocycles. The van der Waals surface area contributed by atoms with Crippen molar-refractivity contribution < 1.29 is 13.2 Å². The van der Waals surface area contributed by atoms with E-state index in [9.17, 15) is 13.2 Å². The first kappa shape index (κ1) is 13.3. The zero-order valence-electron chi connectivity index (χ0n) is 9.77. The van der Waals surface area contributed by atoms with Gasteiger partial charge in [-0.1, -0.05) is 15.9 Å². The van der Waals surface area contributed by atoms with Gasteiger partial charge in [-0.15, -0.1) is 0 Å². The van der Waals surface area contributed by atoms with Crippen LogP contribution in [0.4, 0.5) is 0 Å². The lowest BCUT2D eigenvalue weighted by Gasteiger charge is -2.19. The Morgan fingerprint density at radius 2 is 2.12 bits per heavy atom. The topological polar surface area (TPSA) is 54.5 Å². The number of likely N-dealkylation sites (tertiary alicyclic amines) is 1.